The number of carbonyl (C=O) groups is 1. The molecule has 35 heavy (non-hydrogen) atoms. The molecule has 1 amide bonds. The summed E-state index contributed by atoms with van der Waals surface area (Å²) in [5.74, 6) is 0.327. The summed E-state index contributed by atoms with van der Waals surface area (Å²) in [6.45, 7) is 0. The first-order chi connectivity index (χ1) is 16.9. The van der Waals surface area contributed by atoms with Gasteiger partial charge in [-0.05, 0) is 60.7 Å². The van der Waals surface area contributed by atoms with E-state index in [1.165, 1.54) is 0 Å². The molecular weight excluding hydrogens is 598 g/mol. The van der Waals surface area contributed by atoms with Crippen molar-refractivity contribution in [3.63, 3.8) is 0 Å². The Bertz CT molecular complexity index is 1800. The molecule has 3 aliphatic heterocycles. The average molecular weight is 610 g/mol. The van der Waals surface area contributed by atoms with Crippen LogP contribution in [-0.4, -0.2) is 22.8 Å². The Kier molecular flexibility index (Phi) is 4.39. The molecule has 3 aliphatic rings. The second kappa shape index (κ2) is 7.33. The van der Waals surface area contributed by atoms with Crippen molar-refractivity contribution in [2.24, 2.45) is 20.0 Å². The number of hydrogen-bond acceptors (Lipinski definition) is 4. The molecular formula is C24H12Br2ClN7O. The molecule has 170 valence electrons. The molecule has 0 saturated heterocycles. The number of anilines is 2. The van der Waals surface area contributed by atoms with Gasteiger partial charge in [-0.15, -0.1) is 0 Å². The minimum absolute atomic E-state index is 0.258. The number of benzene rings is 3. The van der Waals surface area contributed by atoms with Gasteiger partial charge in [0.05, 0.1) is 0 Å². The highest BCUT2D eigenvalue weighted by atomic mass is 79.9. The highest BCUT2D eigenvalue weighted by Crippen LogP contribution is 2.49. The Morgan fingerprint density at radius 1 is 0.971 bits per heavy atom. The van der Waals surface area contributed by atoms with Gasteiger partial charge in [0.25, 0.3) is 11.9 Å². The lowest BCUT2D eigenvalue weighted by atomic mass is 9.95. The quantitative estimate of drug-likeness (QED) is 0.329. The number of aliphatic imine (C=N–C) groups is 2. The lowest BCUT2D eigenvalue weighted by Crippen LogP contribution is -2.60. The summed E-state index contributed by atoms with van der Waals surface area (Å²) in [7, 11) is 0. The number of nitrogens with one attached hydrogen (secondary N) is 2. The molecule has 1 unspecified atom stereocenters. The molecule has 1 aromatic heterocycles. The van der Waals surface area contributed by atoms with E-state index >= 15 is 0 Å². The van der Waals surface area contributed by atoms with Gasteiger partial charge in [-0.3, -0.25) is 9.69 Å². The Labute approximate surface area is 219 Å². The Morgan fingerprint density at radius 2 is 1.74 bits per heavy atom. The van der Waals surface area contributed by atoms with Gasteiger partial charge in [0.2, 0.25) is 11.6 Å². The number of halogens is 3. The normalized spacial score (nSPS) is 20.9. The van der Waals surface area contributed by atoms with E-state index in [4.69, 9.17) is 16.6 Å². The molecule has 0 bridgehead atoms. The number of nitrogens with zero attached hydrogens (tertiary/aromatic N) is 5. The summed E-state index contributed by atoms with van der Waals surface area (Å²) in [6.07, 6.45) is 0. The molecule has 8 nitrogen and oxygen atoms in total. The second-order valence-corrected chi connectivity index (χ2v) is 10.5. The number of hydrogen-bond donors (Lipinski definition) is 2. The highest BCUT2D eigenvalue weighted by Gasteiger charge is 2.60. The van der Waals surface area contributed by atoms with Crippen molar-refractivity contribution in [2.75, 3.05) is 10.2 Å². The van der Waals surface area contributed by atoms with Gasteiger partial charge in [0, 0.05) is 41.8 Å². The fraction of sp³-hybridized carbons (Fsp3) is 0.0417. The van der Waals surface area contributed by atoms with Crippen LogP contribution >= 0.6 is 43.5 Å². The van der Waals surface area contributed by atoms with Gasteiger partial charge in [0.15, 0.2) is 5.49 Å². The van der Waals surface area contributed by atoms with Gasteiger partial charge in [0.1, 0.15) is 5.36 Å². The number of amides is 1. The summed E-state index contributed by atoms with van der Waals surface area (Å²) < 4.78 is 1.79. The van der Waals surface area contributed by atoms with Crippen molar-refractivity contribution in [1.82, 2.24) is 4.98 Å². The third-order valence-electron chi connectivity index (χ3n) is 6.13. The zero-order valence-electron chi connectivity index (χ0n) is 17.6. The Balaban J connectivity index is 1.39. The monoisotopic (exact) mass is 607 g/mol. The van der Waals surface area contributed by atoms with Crippen molar-refractivity contribution in [2.45, 2.75) is 5.66 Å². The third kappa shape index (κ3) is 3.00. The van der Waals surface area contributed by atoms with E-state index < -0.39 is 5.66 Å². The van der Waals surface area contributed by atoms with Gasteiger partial charge in [-0.1, -0.05) is 43.5 Å². The van der Waals surface area contributed by atoms with E-state index in [0.29, 0.717) is 22.2 Å². The molecule has 2 N–H and O–H groups in total. The largest absolute Gasteiger partial charge is 0.338 e. The minimum atomic E-state index is -1.28. The third-order valence-corrected chi connectivity index (χ3v) is 7.37. The number of carbonyl (C=O) groups excluding carboxylic acids is 1. The predicted octanol–water partition coefficient (Wildman–Crippen LogP) is 4.64. The number of H-pyrrole nitrogens is 1. The van der Waals surface area contributed by atoms with Gasteiger partial charge in [-0.2, -0.15) is 9.98 Å². The number of rotatable bonds is 1. The summed E-state index contributed by atoms with van der Waals surface area (Å²) in [5, 5.41) is 5.19. The lowest BCUT2D eigenvalue weighted by molar-refractivity contribution is -0.120. The van der Waals surface area contributed by atoms with Crippen molar-refractivity contribution in [3.05, 3.63) is 91.0 Å². The Hall–Kier alpha value is -3.34. The van der Waals surface area contributed by atoms with E-state index in [1.807, 2.05) is 48.5 Å². The van der Waals surface area contributed by atoms with Crippen LogP contribution in [0.3, 0.4) is 0 Å². The number of aromatic nitrogens is 1. The zero-order chi connectivity index (χ0) is 23.9. The molecule has 1 atom stereocenters. The number of fused-ring (bicyclic) bond motifs is 5. The van der Waals surface area contributed by atoms with Crippen LogP contribution in [0.4, 0.5) is 11.4 Å². The average Bonchev–Trinajstić information content (AvgIpc) is 3.45. The van der Waals surface area contributed by atoms with Crippen molar-refractivity contribution in [3.8, 4) is 0 Å². The lowest BCUT2D eigenvalue weighted by Gasteiger charge is -2.44. The Morgan fingerprint density at radius 3 is 2.57 bits per heavy atom. The van der Waals surface area contributed by atoms with Crippen LogP contribution in [0, 0.1) is 0 Å². The fourth-order valence-corrected chi connectivity index (χ4v) is 5.43. The molecule has 0 fully saturated rings. The van der Waals surface area contributed by atoms with Gasteiger partial charge in [-0.25, -0.2) is 9.98 Å². The van der Waals surface area contributed by atoms with Crippen LogP contribution in [0.25, 0.3) is 10.9 Å². The molecule has 3 aromatic carbocycles. The SMILES string of the molecule is O=C1Nc2ccc(Br)cc2C12N=C(/N=C1\N=c3[nH]c4ccc(Br)cc4c3=N1)N2c1ccc(Cl)cc1. The summed E-state index contributed by atoms with van der Waals surface area (Å²) in [4.78, 5) is 36.9. The fourth-order valence-electron chi connectivity index (χ4n) is 4.59. The van der Waals surface area contributed by atoms with Crippen molar-refractivity contribution >= 4 is 83.6 Å². The van der Waals surface area contributed by atoms with Crippen LogP contribution in [-0.2, 0) is 10.5 Å². The summed E-state index contributed by atoms with van der Waals surface area (Å²) >= 11 is 13.1. The first-order valence-corrected chi connectivity index (χ1v) is 12.5. The summed E-state index contributed by atoms with van der Waals surface area (Å²) in [6, 6.07) is 18.7. The molecule has 4 heterocycles. The van der Waals surface area contributed by atoms with Crippen LogP contribution in [0.5, 0.6) is 0 Å². The second-order valence-electron chi connectivity index (χ2n) is 8.19. The molecule has 7 rings (SSSR count). The minimum Gasteiger partial charge on any atom is -0.338 e. The van der Waals surface area contributed by atoms with E-state index in [-0.39, 0.29) is 11.9 Å². The first-order valence-electron chi connectivity index (χ1n) is 10.5. The predicted molar refractivity (Wildman–Crippen MR) is 142 cm³/mol. The molecule has 11 heteroatoms. The molecule has 1 spiro atoms. The summed E-state index contributed by atoms with van der Waals surface area (Å²) in [5.41, 5.74) is 2.45. The molecule has 0 saturated carbocycles. The van der Waals surface area contributed by atoms with Crippen LogP contribution in [0.2, 0.25) is 5.02 Å². The standard InChI is InChI=1S/C24H12Br2ClN7O/c25-11-1-7-17-15(9-11)19-20(28-17)31-22(30-19)32-23-33-24(34(23)14-5-3-13(27)4-6-14)16-10-12(26)2-8-18(16)29-21(24)35/h1-10H,(H,29,35)(H,28,30,31,32,33). The molecule has 0 radical (unpaired) electrons. The van der Waals surface area contributed by atoms with Crippen LogP contribution < -0.4 is 21.1 Å². The van der Waals surface area contributed by atoms with Gasteiger partial charge < -0.3 is 10.3 Å². The van der Waals surface area contributed by atoms with Crippen LogP contribution in [0.15, 0.2) is 89.6 Å². The maximum atomic E-state index is 13.3. The van der Waals surface area contributed by atoms with E-state index in [1.54, 1.807) is 17.0 Å². The maximum absolute atomic E-state index is 13.3. The van der Waals surface area contributed by atoms with E-state index in [0.717, 1.165) is 36.5 Å². The zero-order valence-corrected chi connectivity index (χ0v) is 21.5. The first kappa shape index (κ1) is 21.0. The van der Waals surface area contributed by atoms with Crippen molar-refractivity contribution in [1.29, 1.82) is 0 Å². The maximum Gasteiger partial charge on any atom is 0.278 e. The highest BCUT2D eigenvalue weighted by molar-refractivity contribution is 9.10. The number of aromatic amines is 1. The topological polar surface area (TPSA) is 97.6 Å². The molecule has 0 aliphatic carbocycles. The molecule has 4 aromatic rings. The van der Waals surface area contributed by atoms with E-state index in [2.05, 4.69) is 57.1 Å². The van der Waals surface area contributed by atoms with Crippen LogP contribution in [0.1, 0.15) is 5.56 Å². The van der Waals surface area contributed by atoms with Gasteiger partial charge >= 0.3 is 0 Å². The smallest absolute Gasteiger partial charge is 0.278 e. The van der Waals surface area contributed by atoms with E-state index in [9.17, 15) is 4.79 Å². The van der Waals surface area contributed by atoms with Crippen molar-refractivity contribution < 1.29 is 4.79 Å². The number of guanidine groups is 2.